The number of urea groups is 1. The van der Waals surface area contributed by atoms with Crippen molar-refractivity contribution in [1.82, 2.24) is 10.2 Å². The first-order chi connectivity index (χ1) is 13.8. The van der Waals surface area contributed by atoms with Gasteiger partial charge in [-0.2, -0.15) is 0 Å². The van der Waals surface area contributed by atoms with Gasteiger partial charge in [-0.15, -0.1) is 0 Å². The number of likely N-dealkylation sites (tertiary alicyclic amines) is 1. The molecular weight excluding hydrogens is 409 g/mol. The minimum atomic E-state index is -2.78. The van der Waals surface area contributed by atoms with Crippen molar-refractivity contribution >= 4 is 35.0 Å². The fourth-order valence-electron chi connectivity index (χ4n) is 4.25. The van der Waals surface area contributed by atoms with Crippen LogP contribution in [-0.2, 0) is 4.74 Å². The second-order valence-corrected chi connectivity index (χ2v) is 7.90. The van der Waals surface area contributed by atoms with E-state index < -0.39 is 35.5 Å². The summed E-state index contributed by atoms with van der Waals surface area (Å²) >= 11 is 4.49. The maximum Gasteiger partial charge on any atom is 0.414 e. The number of cyclic esters (lactones) is 1. The Bertz CT molecular complexity index is 859. The van der Waals surface area contributed by atoms with E-state index in [1.54, 1.807) is 17.0 Å². The lowest BCUT2D eigenvalue weighted by atomic mass is 10.1. The Labute approximate surface area is 169 Å². The normalized spacial score (nSPS) is 27.8. The molecule has 3 aliphatic rings. The number of nitrogens with one attached hydrogen (secondary N) is 1. The number of amides is 3. The van der Waals surface area contributed by atoms with Crippen LogP contribution >= 0.6 is 12.2 Å². The molecule has 0 bridgehead atoms. The number of anilines is 1. The zero-order valence-corrected chi connectivity index (χ0v) is 16.0. The predicted molar refractivity (Wildman–Crippen MR) is 101 cm³/mol. The summed E-state index contributed by atoms with van der Waals surface area (Å²) in [5, 5.41) is 2.36. The van der Waals surface area contributed by atoms with Gasteiger partial charge in [-0.1, -0.05) is 18.3 Å². The summed E-state index contributed by atoms with van der Waals surface area (Å²) in [6.45, 7) is 1.10. The molecule has 1 aromatic carbocycles. The van der Waals surface area contributed by atoms with Crippen molar-refractivity contribution in [1.29, 1.82) is 0 Å². The predicted octanol–water partition coefficient (Wildman–Crippen LogP) is 2.06. The number of hydrogen-bond acceptors (Lipinski definition) is 4. The van der Waals surface area contributed by atoms with Gasteiger partial charge in [-0.3, -0.25) is 4.90 Å². The quantitative estimate of drug-likeness (QED) is 0.701. The maximum absolute atomic E-state index is 14.7. The van der Waals surface area contributed by atoms with Gasteiger partial charge < -0.3 is 20.7 Å². The highest BCUT2D eigenvalue weighted by Crippen LogP contribution is 2.58. The lowest BCUT2D eigenvalue weighted by molar-refractivity contribution is 0.142. The van der Waals surface area contributed by atoms with Gasteiger partial charge in [-0.25, -0.2) is 22.8 Å². The molecule has 4 rings (SSSR count). The van der Waals surface area contributed by atoms with Crippen molar-refractivity contribution in [2.45, 2.75) is 18.4 Å². The maximum atomic E-state index is 14.7. The number of rotatable bonds is 5. The molecule has 0 aromatic heterocycles. The van der Waals surface area contributed by atoms with E-state index in [2.05, 4.69) is 17.5 Å². The molecule has 1 unspecified atom stereocenters. The third-order valence-electron chi connectivity index (χ3n) is 5.74. The van der Waals surface area contributed by atoms with E-state index in [9.17, 15) is 22.8 Å². The highest BCUT2D eigenvalue weighted by molar-refractivity contribution is 7.80. The molecular formula is C18H19F3N4O3S. The Morgan fingerprint density at radius 2 is 2.00 bits per heavy atom. The van der Waals surface area contributed by atoms with Crippen LogP contribution in [0.15, 0.2) is 18.2 Å². The molecule has 1 aliphatic carbocycles. The molecule has 2 heterocycles. The van der Waals surface area contributed by atoms with Crippen LogP contribution in [0.1, 0.15) is 11.5 Å². The van der Waals surface area contributed by atoms with E-state index in [1.807, 2.05) is 0 Å². The Morgan fingerprint density at radius 3 is 2.59 bits per heavy atom. The van der Waals surface area contributed by atoms with Gasteiger partial charge in [0.25, 0.3) is 6.43 Å². The van der Waals surface area contributed by atoms with Gasteiger partial charge in [0, 0.05) is 13.1 Å². The fourth-order valence-corrected chi connectivity index (χ4v) is 4.34. The number of thiocarbonyl (C=S) groups is 1. The summed E-state index contributed by atoms with van der Waals surface area (Å²) in [5.41, 5.74) is 6.17. The molecule has 0 radical (unpaired) electrons. The van der Waals surface area contributed by atoms with E-state index in [0.29, 0.717) is 24.3 Å². The van der Waals surface area contributed by atoms with Crippen molar-refractivity contribution in [3.63, 3.8) is 0 Å². The number of hydrogen-bond donors (Lipinski definition) is 2. The number of benzene rings is 1. The highest BCUT2D eigenvalue weighted by Gasteiger charge is 2.57. The Balaban J connectivity index is 1.38. The van der Waals surface area contributed by atoms with Crippen molar-refractivity contribution in [2.24, 2.45) is 17.6 Å². The summed E-state index contributed by atoms with van der Waals surface area (Å²) in [6.07, 6.45) is -4.13. The summed E-state index contributed by atoms with van der Waals surface area (Å²) in [4.78, 5) is 25.5. The first-order valence-corrected chi connectivity index (χ1v) is 9.55. The molecule has 3 N–H and O–H groups in total. The number of nitrogens with zero attached hydrogens (tertiary/aromatic N) is 2. The summed E-state index contributed by atoms with van der Waals surface area (Å²) in [7, 11) is 0. The number of halogens is 3. The summed E-state index contributed by atoms with van der Waals surface area (Å²) < 4.78 is 44.7. The second kappa shape index (κ2) is 7.36. The summed E-state index contributed by atoms with van der Waals surface area (Å²) in [5.74, 6) is 0.0146. The van der Waals surface area contributed by atoms with Crippen molar-refractivity contribution < 1.29 is 27.5 Å². The Hall–Kier alpha value is -2.56. The largest absolute Gasteiger partial charge is 0.442 e. The number of carbonyl (C=O) groups is 2. The third-order valence-corrected chi connectivity index (χ3v) is 6.06. The molecule has 2 aliphatic heterocycles. The zero-order valence-electron chi connectivity index (χ0n) is 15.2. The van der Waals surface area contributed by atoms with E-state index >= 15 is 0 Å². The van der Waals surface area contributed by atoms with E-state index in [0.717, 1.165) is 0 Å². The topological polar surface area (TPSA) is 87.9 Å². The zero-order chi connectivity index (χ0) is 20.9. The fraction of sp³-hybridized carbons (Fsp3) is 0.500. The van der Waals surface area contributed by atoms with Crippen LogP contribution in [0.2, 0.25) is 0 Å². The molecule has 7 nitrogen and oxygen atoms in total. The number of nitrogens with two attached hydrogens (primary N) is 1. The molecule has 0 spiro atoms. The number of carbonyl (C=O) groups excluding carboxylic acids is 2. The third kappa shape index (κ3) is 3.70. The Morgan fingerprint density at radius 1 is 1.31 bits per heavy atom. The first-order valence-electron chi connectivity index (χ1n) is 9.14. The van der Waals surface area contributed by atoms with Crippen LogP contribution in [0.4, 0.5) is 28.4 Å². The van der Waals surface area contributed by atoms with Gasteiger partial charge in [0.1, 0.15) is 16.9 Å². The molecule has 3 fully saturated rings. The monoisotopic (exact) mass is 428 g/mol. The van der Waals surface area contributed by atoms with Crippen LogP contribution < -0.4 is 16.0 Å². The first kappa shape index (κ1) is 19.7. The minimum Gasteiger partial charge on any atom is -0.442 e. The molecule has 11 heteroatoms. The molecule has 29 heavy (non-hydrogen) atoms. The number of piperidine rings is 1. The van der Waals surface area contributed by atoms with Gasteiger partial charge in [0.15, 0.2) is 0 Å². The van der Waals surface area contributed by atoms with Crippen LogP contribution in [0.25, 0.3) is 0 Å². The van der Waals surface area contributed by atoms with Crippen LogP contribution in [0.5, 0.6) is 0 Å². The standard InChI is InChI=1S/C18H19F3N4O3S/c19-13-3-8(25-5-9(28-18(25)27)4-23-16(29)15(20)21)1-2-10(13)14-11-6-24(17(22)26)7-12(11)14/h1-3,9,11-12,14-15H,4-7H2,(H2,22,26)(H,23,29)/t9-,11-,12+,14?/m0/s1. The average molecular weight is 428 g/mol. The lowest BCUT2D eigenvalue weighted by Crippen LogP contribution is -2.36. The molecule has 1 aromatic rings. The van der Waals surface area contributed by atoms with E-state index in [-0.39, 0.29) is 30.8 Å². The molecule has 3 amide bonds. The molecule has 4 atom stereocenters. The van der Waals surface area contributed by atoms with Crippen LogP contribution in [0, 0.1) is 17.7 Å². The SMILES string of the molecule is NC(=O)N1C[C@@H]2C(c3ccc(N4C[C@H](CNC(=S)C(F)F)OC4=O)cc3F)[C@@H]2C1. The number of fused-ring (bicyclic) bond motifs is 1. The summed E-state index contributed by atoms with van der Waals surface area (Å²) in [6, 6.07) is 4.10. The van der Waals surface area contributed by atoms with Crippen molar-refractivity contribution in [2.75, 3.05) is 31.1 Å². The van der Waals surface area contributed by atoms with Crippen molar-refractivity contribution in [3.8, 4) is 0 Å². The van der Waals surface area contributed by atoms with Crippen LogP contribution in [0.3, 0.4) is 0 Å². The number of ether oxygens (including phenoxy) is 1. The average Bonchev–Trinajstić information content (AvgIpc) is 3.01. The highest BCUT2D eigenvalue weighted by atomic mass is 32.1. The lowest BCUT2D eigenvalue weighted by Gasteiger charge is -2.18. The number of alkyl halides is 2. The van der Waals surface area contributed by atoms with E-state index in [4.69, 9.17) is 10.5 Å². The number of primary amides is 1. The van der Waals surface area contributed by atoms with Gasteiger partial charge in [-0.05, 0) is 35.4 Å². The second-order valence-electron chi connectivity index (χ2n) is 7.46. The molecule has 1 saturated carbocycles. The minimum absolute atomic E-state index is 0.0393. The van der Waals surface area contributed by atoms with Gasteiger partial charge >= 0.3 is 12.1 Å². The van der Waals surface area contributed by atoms with Gasteiger partial charge in [0.05, 0.1) is 18.8 Å². The van der Waals surface area contributed by atoms with Crippen LogP contribution in [-0.4, -0.2) is 60.7 Å². The van der Waals surface area contributed by atoms with Crippen molar-refractivity contribution in [3.05, 3.63) is 29.6 Å². The smallest absolute Gasteiger partial charge is 0.414 e. The van der Waals surface area contributed by atoms with Gasteiger partial charge in [0.2, 0.25) is 0 Å². The molecule has 2 saturated heterocycles. The Kier molecular flexibility index (Phi) is 5.01. The van der Waals surface area contributed by atoms with E-state index in [1.165, 1.54) is 11.0 Å². The molecule has 156 valence electrons.